The molecule has 1 N–H and O–H groups in total. The van der Waals surface area contributed by atoms with E-state index in [0.717, 1.165) is 25.7 Å². The Balaban J connectivity index is 4.29. The molecule has 0 spiro atoms. The molecule has 0 aliphatic heterocycles. The molecule has 0 bridgehead atoms. The number of unbranched alkanes of at least 4 members (excludes halogenated alkanes) is 5. The number of carboxylic acids is 1. The lowest BCUT2D eigenvalue weighted by atomic mass is 9.76. The highest BCUT2D eigenvalue weighted by Crippen LogP contribution is 2.32. The van der Waals surface area contributed by atoms with Gasteiger partial charge < -0.3 is 5.11 Å². The van der Waals surface area contributed by atoms with Crippen LogP contribution >= 0.6 is 0 Å². The molecule has 1 unspecified atom stereocenters. The molecule has 0 saturated heterocycles. The highest BCUT2D eigenvalue weighted by Gasteiger charge is 2.36. The Labute approximate surface area is 111 Å². The summed E-state index contributed by atoms with van der Waals surface area (Å²) in [5.41, 5.74) is -0.659. The van der Waals surface area contributed by atoms with Crippen molar-refractivity contribution < 1.29 is 14.7 Å². The maximum Gasteiger partial charge on any atom is 0.372 e. The molecule has 0 radical (unpaired) electrons. The van der Waals surface area contributed by atoms with Gasteiger partial charge in [0.2, 0.25) is 5.78 Å². The van der Waals surface area contributed by atoms with E-state index < -0.39 is 17.2 Å². The normalized spacial score (nSPS) is 14.2. The second kappa shape index (κ2) is 9.12. The lowest BCUT2D eigenvalue weighted by Gasteiger charge is -2.26. The number of carboxylic acid groups (broad SMARTS) is 1. The van der Waals surface area contributed by atoms with Crippen molar-refractivity contribution in [2.75, 3.05) is 0 Å². The molecule has 3 heteroatoms. The van der Waals surface area contributed by atoms with Crippen LogP contribution in [0, 0.1) is 5.41 Å². The first kappa shape index (κ1) is 17.1. The largest absolute Gasteiger partial charge is 0.475 e. The van der Waals surface area contributed by atoms with Gasteiger partial charge in [-0.15, -0.1) is 0 Å². The molecule has 18 heavy (non-hydrogen) atoms. The van der Waals surface area contributed by atoms with E-state index in [9.17, 15) is 9.59 Å². The van der Waals surface area contributed by atoms with Crippen LogP contribution in [0.25, 0.3) is 0 Å². The Morgan fingerprint density at radius 2 is 1.39 bits per heavy atom. The highest BCUT2D eigenvalue weighted by molar-refractivity contribution is 6.34. The smallest absolute Gasteiger partial charge is 0.372 e. The Hall–Kier alpha value is -0.860. The van der Waals surface area contributed by atoms with E-state index in [1.54, 1.807) is 0 Å². The van der Waals surface area contributed by atoms with Crippen LogP contribution in [0.4, 0.5) is 0 Å². The van der Waals surface area contributed by atoms with Gasteiger partial charge in [-0.2, -0.15) is 0 Å². The minimum Gasteiger partial charge on any atom is -0.475 e. The molecule has 0 aromatic carbocycles. The summed E-state index contributed by atoms with van der Waals surface area (Å²) in [6.07, 6.45) is 8.98. The molecule has 0 saturated carbocycles. The van der Waals surface area contributed by atoms with Crippen LogP contribution in [0.5, 0.6) is 0 Å². The van der Waals surface area contributed by atoms with Crippen molar-refractivity contribution >= 4 is 11.8 Å². The van der Waals surface area contributed by atoms with E-state index >= 15 is 0 Å². The van der Waals surface area contributed by atoms with Crippen LogP contribution in [0.1, 0.15) is 78.6 Å². The second-order valence-corrected chi connectivity index (χ2v) is 5.46. The minimum absolute atomic E-state index is 0.605. The molecule has 106 valence electrons. The number of Topliss-reactive ketones (excluding diaryl/α,β-unsaturated/α-hetero) is 1. The first-order chi connectivity index (χ1) is 8.48. The van der Waals surface area contributed by atoms with Crippen LogP contribution in [-0.2, 0) is 9.59 Å². The maximum absolute atomic E-state index is 11.8. The van der Waals surface area contributed by atoms with E-state index in [0.29, 0.717) is 12.8 Å². The van der Waals surface area contributed by atoms with E-state index in [4.69, 9.17) is 5.11 Å². The van der Waals surface area contributed by atoms with Crippen LogP contribution < -0.4 is 0 Å². The summed E-state index contributed by atoms with van der Waals surface area (Å²) in [5, 5.41) is 8.91. The van der Waals surface area contributed by atoms with Crippen LogP contribution in [0.3, 0.4) is 0 Å². The Bertz CT molecular complexity index is 260. The number of rotatable bonds is 11. The van der Waals surface area contributed by atoms with Gasteiger partial charge in [-0.3, -0.25) is 4.79 Å². The van der Waals surface area contributed by atoms with Gasteiger partial charge in [-0.05, 0) is 12.8 Å². The molecule has 0 aliphatic carbocycles. The predicted octanol–water partition coefficient (Wildman–Crippen LogP) is 4.20. The highest BCUT2D eigenvalue weighted by atomic mass is 16.4. The van der Waals surface area contributed by atoms with Gasteiger partial charge in [0.05, 0.1) is 0 Å². The Kier molecular flexibility index (Phi) is 8.69. The van der Waals surface area contributed by atoms with Crippen LogP contribution in [0.2, 0.25) is 0 Å². The van der Waals surface area contributed by atoms with Crippen molar-refractivity contribution in [2.24, 2.45) is 5.41 Å². The predicted molar refractivity (Wildman–Crippen MR) is 73.7 cm³/mol. The summed E-state index contributed by atoms with van der Waals surface area (Å²) in [6.45, 7) is 6.05. The van der Waals surface area contributed by atoms with Gasteiger partial charge in [0.25, 0.3) is 0 Å². The first-order valence-corrected chi connectivity index (χ1v) is 7.25. The lowest BCUT2D eigenvalue weighted by molar-refractivity contribution is -0.154. The zero-order valence-electron chi connectivity index (χ0n) is 12.1. The number of carbonyl (C=O) groups is 2. The topological polar surface area (TPSA) is 54.4 Å². The Morgan fingerprint density at radius 3 is 1.89 bits per heavy atom. The maximum atomic E-state index is 11.8. The number of hydrogen-bond donors (Lipinski definition) is 1. The summed E-state index contributed by atoms with van der Waals surface area (Å²) in [6, 6.07) is 0. The van der Waals surface area contributed by atoms with Gasteiger partial charge in [-0.1, -0.05) is 65.7 Å². The average molecular weight is 256 g/mol. The molecule has 0 aliphatic rings. The van der Waals surface area contributed by atoms with Crippen molar-refractivity contribution in [1.29, 1.82) is 0 Å². The SMILES string of the molecule is CCCCCCCC(C)(CCCC)C(=O)C(=O)O. The van der Waals surface area contributed by atoms with Crippen molar-refractivity contribution in [2.45, 2.75) is 78.6 Å². The molecule has 0 heterocycles. The number of ketones is 1. The molecular weight excluding hydrogens is 228 g/mol. The molecule has 0 fully saturated rings. The third-order valence-corrected chi connectivity index (χ3v) is 3.66. The van der Waals surface area contributed by atoms with E-state index in [-0.39, 0.29) is 0 Å². The quantitative estimate of drug-likeness (QED) is 0.445. The van der Waals surface area contributed by atoms with E-state index in [1.807, 2.05) is 6.92 Å². The minimum atomic E-state index is -1.28. The molecular formula is C15H28O3. The van der Waals surface area contributed by atoms with Crippen molar-refractivity contribution in [3.63, 3.8) is 0 Å². The van der Waals surface area contributed by atoms with Gasteiger partial charge >= 0.3 is 5.97 Å². The average Bonchev–Trinajstić information content (AvgIpc) is 2.35. The second-order valence-electron chi connectivity index (χ2n) is 5.46. The third kappa shape index (κ3) is 6.18. The summed E-state index contributed by atoms with van der Waals surface area (Å²) in [5.74, 6) is -1.88. The van der Waals surface area contributed by atoms with Crippen LogP contribution in [0.15, 0.2) is 0 Å². The molecule has 3 nitrogen and oxygen atoms in total. The fourth-order valence-electron chi connectivity index (χ4n) is 2.30. The van der Waals surface area contributed by atoms with Crippen molar-refractivity contribution in [3.8, 4) is 0 Å². The summed E-state index contributed by atoms with van der Waals surface area (Å²) >= 11 is 0. The Morgan fingerprint density at radius 1 is 0.889 bits per heavy atom. The molecule has 1 atom stereocenters. The number of aliphatic carboxylic acids is 1. The zero-order chi connectivity index (χ0) is 14.0. The van der Waals surface area contributed by atoms with Crippen molar-refractivity contribution in [1.82, 2.24) is 0 Å². The van der Waals surface area contributed by atoms with Gasteiger partial charge in [0.1, 0.15) is 0 Å². The van der Waals surface area contributed by atoms with Crippen molar-refractivity contribution in [3.05, 3.63) is 0 Å². The lowest BCUT2D eigenvalue weighted by Crippen LogP contribution is -2.34. The fourth-order valence-corrected chi connectivity index (χ4v) is 2.30. The number of carbonyl (C=O) groups excluding carboxylic acids is 1. The zero-order valence-corrected chi connectivity index (χ0v) is 12.1. The standard InChI is InChI=1S/C15H28O3/c1-4-6-8-9-10-12-15(3,11-7-5-2)13(16)14(17)18/h4-12H2,1-3H3,(H,17,18). The van der Waals surface area contributed by atoms with Gasteiger partial charge in [-0.25, -0.2) is 4.79 Å². The van der Waals surface area contributed by atoms with E-state index in [1.165, 1.54) is 19.3 Å². The van der Waals surface area contributed by atoms with E-state index in [2.05, 4.69) is 13.8 Å². The molecule has 0 aromatic rings. The van der Waals surface area contributed by atoms with Gasteiger partial charge in [0.15, 0.2) is 0 Å². The number of hydrogen-bond acceptors (Lipinski definition) is 2. The molecule has 0 aromatic heterocycles. The third-order valence-electron chi connectivity index (χ3n) is 3.66. The fraction of sp³-hybridized carbons (Fsp3) is 0.867. The first-order valence-electron chi connectivity index (χ1n) is 7.25. The van der Waals surface area contributed by atoms with Gasteiger partial charge in [0, 0.05) is 5.41 Å². The summed E-state index contributed by atoms with van der Waals surface area (Å²) in [7, 11) is 0. The monoisotopic (exact) mass is 256 g/mol. The van der Waals surface area contributed by atoms with Crippen LogP contribution in [-0.4, -0.2) is 16.9 Å². The molecule has 0 amide bonds. The molecule has 0 rings (SSSR count). The summed E-state index contributed by atoms with van der Waals surface area (Å²) < 4.78 is 0. The summed E-state index contributed by atoms with van der Waals surface area (Å²) in [4.78, 5) is 22.7.